The maximum atomic E-state index is 12.2. The zero-order valence-corrected chi connectivity index (χ0v) is 13.7. The van der Waals surface area contributed by atoms with E-state index in [-0.39, 0.29) is 12.5 Å². The third-order valence-electron chi connectivity index (χ3n) is 3.50. The summed E-state index contributed by atoms with van der Waals surface area (Å²) >= 11 is 3.44. The van der Waals surface area contributed by atoms with Crippen molar-refractivity contribution in [3.63, 3.8) is 0 Å². The Balaban J connectivity index is 1.73. The van der Waals surface area contributed by atoms with Gasteiger partial charge in [0.1, 0.15) is 6.54 Å². The van der Waals surface area contributed by atoms with Crippen molar-refractivity contribution in [1.82, 2.24) is 4.57 Å². The average molecular weight is 372 g/mol. The predicted molar refractivity (Wildman–Crippen MR) is 93.2 cm³/mol. The van der Waals surface area contributed by atoms with E-state index >= 15 is 0 Å². The Bertz CT molecular complexity index is 884. The number of amides is 2. The van der Waals surface area contributed by atoms with Crippen molar-refractivity contribution in [3.05, 3.63) is 64.8 Å². The summed E-state index contributed by atoms with van der Waals surface area (Å²) in [4.78, 5) is 23.2. The van der Waals surface area contributed by atoms with Crippen molar-refractivity contribution < 1.29 is 9.59 Å². The molecule has 3 aromatic rings. The van der Waals surface area contributed by atoms with Crippen LogP contribution in [-0.4, -0.2) is 16.4 Å². The van der Waals surface area contributed by atoms with E-state index < -0.39 is 5.91 Å². The summed E-state index contributed by atoms with van der Waals surface area (Å²) in [6.07, 6.45) is 1.88. The number of fused-ring (bicyclic) bond motifs is 1. The van der Waals surface area contributed by atoms with Gasteiger partial charge in [0.2, 0.25) is 11.8 Å². The Morgan fingerprint density at radius 1 is 1.09 bits per heavy atom. The summed E-state index contributed by atoms with van der Waals surface area (Å²) < 4.78 is 2.85. The minimum Gasteiger partial charge on any atom is -0.366 e. The van der Waals surface area contributed by atoms with Gasteiger partial charge in [-0.15, -0.1) is 0 Å². The maximum Gasteiger partial charge on any atom is 0.248 e. The summed E-state index contributed by atoms with van der Waals surface area (Å²) in [5, 5.41) is 3.88. The number of hydrogen-bond acceptors (Lipinski definition) is 2. The van der Waals surface area contributed by atoms with Gasteiger partial charge in [-0.05, 0) is 47.9 Å². The van der Waals surface area contributed by atoms with Crippen LogP contribution in [0, 0.1) is 0 Å². The molecule has 3 rings (SSSR count). The highest BCUT2D eigenvalue weighted by Crippen LogP contribution is 2.21. The molecule has 0 aliphatic carbocycles. The molecule has 0 unspecified atom stereocenters. The van der Waals surface area contributed by atoms with E-state index in [1.165, 1.54) is 0 Å². The fraction of sp³-hybridized carbons (Fsp3) is 0.0588. The lowest BCUT2D eigenvalue weighted by Crippen LogP contribution is -2.18. The normalized spacial score (nSPS) is 10.7. The number of carbonyl (C=O) groups is 2. The van der Waals surface area contributed by atoms with E-state index in [0.717, 1.165) is 15.4 Å². The Kier molecular flexibility index (Phi) is 4.16. The molecule has 2 aromatic carbocycles. The molecule has 0 atom stereocenters. The van der Waals surface area contributed by atoms with Gasteiger partial charge in [-0.2, -0.15) is 0 Å². The van der Waals surface area contributed by atoms with Crippen LogP contribution in [-0.2, 0) is 11.3 Å². The van der Waals surface area contributed by atoms with E-state index in [1.54, 1.807) is 24.3 Å². The second-order valence-corrected chi connectivity index (χ2v) is 6.05. The molecule has 0 fully saturated rings. The van der Waals surface area contributed by atoms with Gasteiger partial charge in [0, 0.05) is 27.4 Å². The standard InChI is InChI=1S/C17H14BrN3O2/c18-13-4-1-11-7-8-21(15(11)9-13)10-16(22)20-14-5-2-12(3-6-14)17(19)23/h1-9H,10H2,(H2,19,23)(H,20,22). The fourth-order valence-electron chi connectivity index (χ4n) is 2.37. The van der Waals surface area contributed by atoms with Gasteiger partial charge >= 0.3 is 0 Å². The fourth-order valence-corrected chi connectivity index (χ4v) is 2.72. The number of anilines is 1. The molecule has 0 aliphatic rings. The van der Waals surface area contributed by atoms with Crippen molar-refractivity contribution in [2.75, 3.05) is 5.32 Å². The number of benzene rings is 2. The van der Waals surface area contributed by atoms with Crippen LogP contribution in [0.1, 0.15) is 10.4 Å². The van der Waals surface area contributed by atoms with Crippen molar-refractivity contribution in [3.8, 4) is 0 Å². The Labute approximate surface area is 141 Å². The van der Waals surface area contributed by atoms with Gasteiger partial charge in [-0.3, -0.25) is 9.59 Å². The first-order chi connectivity index (χ1) is 11.0. The van der Waals surface area contributed by atoms with Gasteiger partial charge in [-0.1, -0.05) is 22.0 Å². The molecule has 116 valence electrons. The van der Waals surface area contributed by atoms with E-state index in [1.807, 2.05) is 35.0 Å². The van der Waals surface area contributed by atoms with Crippen molar-refractivity contribution >= 4 is 44.3 Å². The number of primary amides is 1. The van der Waals surface area contributed by atoms with Gasteiger partial charge in [0.25, 0.3) is 0 Å². The lowest BCUT2D eigenvalue weighted by atomic mass is 10.2. The van der Waals surface area contributed by atoms with Crippen LogP contribution in [0.25, 0.3) is 10.9 Å². The molecule has 0 saturated heterocycles. The second-order valence-electron chi connectivity index (χ2n) is 5.14. The Hall–Kier alpha value is -2.60. The Morgan fingerprint density at radius 2 is 1.83 bits per heavy atom. The number of nitrogens with one attached hydrogen (secondary N) is 1. The second kappa shape index (κ2) is 6.26. The van der Waals surface area contributed by atoms with E-state index in [9.17, 15) is 9.59 Å². The molecular weight excluding hydrogens is 358 g/mol. The summed E-state index contributed by atoms with van der Waals surface area (Å²) in [5.74, 6) is -0.637. The molecule has 1 heterocycles. The molecular formula is C17H14BrN3O2. The molecule has 2 amide bonds. The molecule has 1 aromatic heterocycles. The molecule has 23 heavy (non-hydrogen) atoms. The van der Waals surface area contributed by atoms with Crippen LogP contribution >= 0.6 is 15.9 Å². The molecule has 0 aliphatic heterocycles. The van der Waals surface area contributed by atoms with E-state index in [2.05, 4.69) is 21.2 Å². The summed E-state index contributed by atoms with van der Waals surface area (Å²) in [6.45, 7) is 0.206. The van der Waals surface area contributed by atoms with Crippen LogP contribution in [0.4, 0.5) is 5.69 Å². The van der Waals surface area contributed by atoms with Crippen LogP contribution in [0.3, 0.4) is 0 Å². The highest BCUT2D eigenvalue weighted by molar-refractivity contribution is 9.10. The van der Waals surface area contributed by atoms with E-state index in [4.69, 9.17) is 5.73 Å². The summed E-state index contributed by atoms with van der Waals surface area (Å²) in [7, 11) is 0. The molecule has 0 radical (unpaired) electrons. The lowest BCUT2D eigenvalue weighted by Gasteiger charge is -2.08. The molecule has 6 heteroatoms. The number of carbonyl (C=O) groups excluding carboxylic acids is 2. The molecule has 0 saturated carbocycles. The topological polar surface area (TPSA) is 77.1 Å². The number of rotatable bonds is 4. The number of nitrogens with two attached hydrogens (primary N) is 1. The quantitative estimate of drug-likeness (QED) is 0.738. The van der Waals surface area contributed by atoms with Gasteiger partial charge in [-0.25, -0.2) is 0 Å². The van der Waals surface area contributed by atoms with Crippen molar-refractivity contribution in [2.45, 2.75) is 6.54 Å². The summed E-state index contributed by atoms with van der Waals surface area (Å²) in [6, 6.07) is 14.4. The monoisotopic (exact) mass is 371 g/mol. The van der Waals surface area contributed by atoms with Crippen LogP contribution in [0.5, 0.6) is 0 Å². The molecule has 5 nitrogen and oxygen atoms in total. The minimum atomic E-state index is -0.493. The van der Waals surface area contributed by atoms with Crippen molar-refractivity contribution in [2.24, 2.45) is 5.73 Å². The third kappa shape index (κ3) is 3.43. The summed E-state index contributed by atoms with van der Waals surface area (Å²) in [5.41, 5.74) is 7.20. The van der Waals surface area contributed by atoms with Gasteiger partial charge < -0.3 is 15.6 Å². The lowest BCUT2D eigenvalue weighted by molar-refractivity contribution is -0.116. The van der Waals surface area contributed by atoms with E-state index in [0.29, 0.717) is 11.3 Å². The highest BCUT2D eigenvalue weighted by Gasteiger charge is 2.08. The van der Waals surface area contributed by atoms with Crippen molar-refractivity contribution in [1.29, 1.82) is 0 Å². The zero-order valence-electron chi connectivity index (χ0n) is 12.1. The zero-order chi connectivity index (χ0) is 16.4. The van der Waals surface area contributed by atoms with Gasteiger partial charge in [0.15, 0.2) is 0 Å². The number of aromatic nitrogens is 1. The first kappa shape index (κ1) is 15.3. The first-order valence-electron chi connectivity index (χ1n) is 6.97. The molecule has 0 spiro atoms. The SMILES string of the molecule is NC(=O)c1ccc(NC(=O)Cn2ccc3ccc(Br)cc32)cc1. The largest absolute Gasteiger partial charge is 0.366 e. The predicted octanol–water partition coefficient (Wildman–Crippen LogP) is 3.14. The minimum absolute atomic E-state index is 0.144. The highest BCUT2D eigenvalue weighted by atomic mass is 79.9. The van der Waals surface area contributed by atoms with Crippen LogP contribution < -0.4 is 11.1 Å². The van der Waals surface area contributed by atoms with Crippen LogP contribution in [0.15, 0.2) is 59.2 Å². The smallest absolute Gasteiger partial charge is 0.248 e. The molecule has 3 N–H and O–H groups in total. The number of halogens is 1. The number of nitrogens with zero attached hydrogens (tertiary/aromatic N) is 1. The average Bonchev–Trinajstić information content (AvgIpc) is 2.90. The Morgan fingerprint density at radius 3 is 2.52 bits per heavy atom. The first-order valence-corrected chi connectivity index (χ1v) is 7.76. The third-order valence-corrected chi connectivity index (χ3v) is 4.00. The molecule has 0 bridgehead atoms. The van der Waals surface area contributed by atoms with Gasteiger partial charge in [0.05, 0.1) is 0 Å². The number of hydrogen-bond donors (Lipinski definition) is 2. The maximum absolute atomic E-state index is 12.2. The van der Waals surface area contributed by atoms with Crippen LogP contribution in [0.2, 0.25) is 0 Å².